The molecule has 34 heavy (non-hydrogen) atoms. The van der Waals surface area contributed by atoms with Crippen molar-refractivity contribution >= 4 is 25.9 Å². The van der Waals surface area contributed by atoms with Gasteiger partial charge < -0.3 is 10.8 Å². The third kappa shape index (κ3) is 8.78. The van der Waals surface area contributed by atoms with Gasteiger partial charge in [-0.1, -0.05) is 73.1 Å². The molecule has 1 aromatic carbocycles. The lowest BCUT2D eigenvalue weighted by atomic mass is 9.84. The van der Waals surface area contributed by atoms with Crippen LogP contribution < -0.4 is 5.73 Å². The van der Waals surface area contributed by atoms with Crippen LogP contribution in [0, 0.1) is 0 Å². The van der Waals surface area contributed by atoms with Crippen LogP contribution in [-0.2, 0) is 25.7 Å². The van der Waals surface area contributed by atoms with Gasteiger partial charge in [0.15, 0.2) is 5.82 Å². The van der Waals surface area contributed by atoms with Crippen LogP contribution >= 0.6 is 0 Å². The van der Waals surface area contributed by atoms with E-state index in [2.05, 4.69) is 28.8 Å². The Hall–Kier alpha value is -2.35. The van der Waals surface area contributed by atoms with Gasteiger partial charge in [-0.15, -0.1) is 0 Å². The summed E-state index contributed by atoms with van der Waals surface area (Å²) in [5.74, 6) is -0.990. The van der Waals surface area contributed by atoms with Crippen LogP contribution in [0.2, 0.25) is 0 Å². The van der Waals surface area contributed by atoms with Gasteiger partial charge in [-0.3, -0.25) is 9.11 Å². The third-order valence-corrected chi connectivity index (χ3v) is 5.98. The van der Waals surface area contributed by atoms with Crippen LogP contribution in [-0.4, -0.2) is 46.0 Å². The summed E-state index contributed by atoms with van der Waals surface area (Å²) in [6.45, 7) is 9.82. The van der Waals surface area contributed by atoms with E-state index in [1.54, 1.807) is 20.8 Å². The number of anilines is 1. The fourth-order valence-electron chi connectivity index (χ4n) is 2.94. The van der Waals surface area contributed by atoms with Gasteiger partial charge in [-0.2, -0.15) is 31.8 Å². The first-order valence-corrected chi connectivity index (χ1v) is 13.7. The number of hydrogen-bond donors (Lipinski definition) is 4. The van der Waals surface area contributed by atoms with Crippen LogP contribution in [0.25, 0.3) is 11.4 Å². The number of rotatable bonds is 8. The smallest absolute Gasteiger partial charge is 0.330 e. The Morgan fingerprint density at radius 1 is 0.824 bits per heavy atom. The summed E-state index contributed by atoms with van der Waals surface area (Å²) in [5, 5.41) is 7.89. The van der Waals surface area contributed by atoms with E-state index in [0.717, 1.165) is 0 Å². The molecule has 0 unspecified atom stereocenters. The first-order valence-electron chi connectivity index (χ1n) is 10.9. The topological polar surface area (TPSA) is 194 Å². The lowest BCUT2D eigenvalue weighted by Gasteiger charge is -2.22. The van der Waals surface area contributed by atoms with Crippen LogP contribution in [0.15, 0.2) is 22.4 Å². The van der Waals surface area contributed by atoms with Gasteiger partial charge in [-0.25, -0.2) is 0 Å². The van der Waals surface area contributed by atoms with E-state index < -0.39 is 41.8 Å². The van der Waals surface area contributed by atoms with E-state index in [4.69, 9.17) is 14.8 Å². The number of hydrogen-bond acceptors (Lipinski definition) is 9. The number of phenols is 1. The standard InChI is InChI=1S/C13H16N4O7S2.C8H18/c1-13(2,3)8-5-6(14)4-7(9(8)18)10-15-11(25(19,20)21)17-12(16-10)26(22,23)24;1-3-5-7-8-6-4-2/h4-5,18H,14H2,1-3H3,(H,19,20,21)(H,22,23,24);3-8H2,1-2H3. The molecule has 0 aliphatic rings. The molecule has 5 N–H and O–H groups in total. The summed E-state index contributed by atoms with van der Waals surface area (Å²) < 4.78 is 63.5. The number of phenolic OH excluding ortho intramolecular Hbond substituents is 1. The van der Waals surface area contributed by atoms with Gasteiger partial charge in [0.05, 0.1) is 5.56 Å². The number of nitrogens with two attached hydrogens (primary N) is 1. The zero-order valence-corrected chi connectivity index (χ0v) is 21.7. The number of nitrogen functional groups attached to an aromatic ring is 1. The molecule has 0 radical (unpaired) electrons. The average molecular weight is 519 g/mol. The molecule has 2 rings (SSSR count). The molecule has 0 fully saturated rings. The number of benzene rings is 1. The van der Waals surface area contributed by atoms with Crippen molar-refractivity contribution in [3.05, 3.63) is 17.7 Å². The molecule has 0 saturated heterocycles. The summed E-state index contributed by atoms with van der Waals surface area (Å²) in [4.78, 5) is 9.94. The molecule has 0 atom stereocenters. The van der Waals surface area contributed by atoms with Crippen LogP contribution in [0.5, 0.6) is 5.75 Å². The van der Waals surface area contributed by atoms with Crippen molar-refractivity contribution < 1.29 is 31.0 Å². The van der Waals surface area contributed by atoms with E-state index in [1.165, 1.54) is 50.7 Å². The van der Waals surface area contributed by atoms with Crippen LogP contribution in [0.1, 0.15) is 78.7 Å². The normalized spacial score (nSPS) is 12.2. The van der Waals surface area contributed by atoms with Gasteiger partial charge in [-0.05, 0) is 17.5 Å². The molecule has 13 heteroatoms. The van der Waals surface area contributed by atoms with Gasteiger partial charge in [0.1, 0.15) is 5.75 Å². The molecule has 192 valence electrons. The highest BCUT2D eigenvalue weighted by atomic mass is 32.2. The quantitative estimate of drug-likeness (QED) is 0.171. The van der Waals surface area contributed by atoms with Crippen molar-refractivity contribution in [3.8, 4) is 17.1 Å². The molecule has 0 saturated carbocycles. The molecule has 1 heterocycles. The predicted octanol–water partition coefficient (Wildman–Crippen LogP) is 3.98. The predicted molar refractivity (Wildman–Crippen MR) is 129 cm³/mol. The largest absolute Gasteiger partial charge is 0.507 e. The van der Waals surface area contributed by atoms with E-state index in [1.807, 2.05) is 0 Å². The Labute approximate surface area is 201 Å². The Bertz CT molecular complexity index is 1140. The van der Waals surface area contributed by atoms with E-state index >= 15 is 0 Å². The maximum atomic E-state index is 11.3. The molecule has 2 aromatic rings. The lowest BCUT2D eigenvalue weighted by Crippen LogP contribution is -2.15. The first kappa shape index (κ1) is 29.7. The molecule has 0 amide bonds. The number of aromatic hydroxyl groups is 1. The zero-order chi connectivity index (χ0) is 26.3. The Morgan fingerprint density at radius 2 is 1.26 bits per heavy atom. The van der Waals surface area contributed by atoms with E-state index in [0.29, 0.717) is 5.56 Å². The summed E-state index contributed by atoms with van der Waals surface area (Å²) in [6, 6.07) is 2.66. The number of nitrogens with zero attached hydrogens (tertiary/aromatic N) is 3. The highest BCUT2D eigenvalue weighted by molar-refractivity contribution is 7.86. The fraction of sp³-hybridized carbons (Fsp3) is 0.571. The minimum atomic E-state index is -5.03. The average Bonchev–Trinajstić information content (AvgIpc) is 2.71. The lowest BCUT2D eigenvalue weighted by molar-refractivity contribution is 0.446. The minimum absolute atomic E-state index is 0.157. The summed E-state index contributed by atoms with van der Waals surface area (Å²) in [5.41, 5.74) is 5.52. The Balaban J connectivity index is 0.000000620. The molecule has 0 bridgehead atoms. The van der Waals surface area contributed by atoms with Gasteiger partial charge >= 0.3 is 20.2 Å². The van der Waals surface area contributed by atoms with Gasteiger partial charge in [0.2, 0.25) is 0 Å². The second kappa shape index (κ2) is 11.9. The maximum Gasteiger partial charge on any atom is 0.330 e. The highest BCUT2D eigenvalue weighted by Crippen LogP contribution is 2.39. The van der Waals surface area contributed by atoms with Crippen LogP contribution in [0.4, 0.5) is 5.69 Å². The molecule has 0 aliphatic heterocycles. The van der Waals surface area contributed by atoms with Crippen molar-refractivity contribution in [3.63, 3.8) is 0 Å². The zero-order valence-electron chi connectivity index (χ0n) is 20.1. The third-order valence-electron chi connectivity index (χ3n) is 4.69. The Kier molecular flexibility index (Phi) is 10.4. The van der Waals surface area contributed by atoms with Crippen molar-refractivity contribution in [2.24, 2.45) is 0 Å². The second-order valence-electron chi connectivity index (χ2n) is 8.80. The van der Waals surface area contributed by atoms with E-state index in [9.17, 15) is 21.9 Å². The highest BCUT2D eigenvalue weighted by Gasteiger charge is 2.27. The van der Waals surface area contributed by atoms with Crippen molar-refractivity contribution in [1.82, 2.24) is 15.0 Å². The van der Waals surface area contributed by atoms with Gasteiger partial charge in [0.25, 0.3) is 10.3 Å². The van der Waals surface area contributed by atoms with Crippen molar-refractivity contribution in [2.45, 2.75) is 88.9 Å². The van der Waals surface area contributed by atoms with Crippen LogP contribution in [0.3, 0.4) is 0 Å². The number of unbranched alkanes of at least 4 members (excludes halogenated alkanes) is 5. The molecule has 11 nitrogen and oxygen atoms in total. The van der Waals surface area contributed by atoms with Crippen molar-refractivity contribution in [1.29, 1.82) is 0 Å². The number of aromatic nitrogens is 3. The van der Waals surface area contributed by atoms with Crippen molar-refractivity contribution in [2.75, 3.05) is 5.73 Å². The second-order valence-corrected chi connectivity index (χ2v) is 11.4. The van der Waals surface area contributed by atoms with E-state index in [-0.39, 0.29) is 17.0 Å². The summed E-state index contributed by atoms with van der Waals surface area (Å²) in [6.07, 6.45) is 8.49. The molecule has 1 aromatic heterocycles. The Morgan fingerprint density at radius 3 is 1.62 bits per heavy atom. The fourth-order valence-corrected chi connectivity index (χ4v) is 3.81. The maximum absolute atomic E-state index is 11.3. The molecular formula is C21H34N4O7S2. The SMILES string of the molecule is CC(C)(C)c1cc(N)cc(-c2nc(S(=O)(=O)O)nc(S(=O)(=O)O)n2)c1O.CCCCCCCC. The molecule has 0 spiro atoms. The monoisotopic (exact) mass is 518 g/mol. The summed E-state index contributed by atoms with van der Waals surface area (Å²) >= 11 is 0. The van der Waals surface area contributed by atoms with Gasteiger partial charge in [0, 0.05) is 11.3 Å². The first-order chi connectivity index (χ1) is 15.5. The minimum Gasteiger partial charge on any atom is -0.507 e. The molecular weight excluding hydrogens is 484 g/mol. The molecule has 0 aliphatic carbocycles. The summed E-state index contributed by atoms with van der Waals surface area (Å²) in [7, 11) is -10.1.